The van der Waals surface area contributed by atoms with Gasteiger partial charge in [0.25, 0.3) is 0 Å². The number of hydrogen-bond donors (Lipinski definition) is 1. The minimum absolute atomic E-state index is 0.111. The summed E-state index contributed by atoms with van der Waals surface area (Å²) in [5.74, 6) is 0.923. The summed E-state index contributed by atoms with van der Waals surface area (Å²) in [5.41, 5.74) is 1.14. The van der Waals surface area contributed by atoms with Crippen LogP contribution in [0.4, 0.5) is 0 Å². The highest BCUT2D eigenvalue weighted by atomic mass is 16.5. The monoisotopic (exact) mass is 250 g/mol. The molecule has 102 valence electrons. The van der Waals surface area contributed by atoms with E-state index in [1.54, 1.807) is 0 Å². The maximum Gasteiger partial charge on any atom is 0.122 e. The molecule has 0 saturated heterocycles. The van der Waals surface area contributed by atoms with Crippen LogP contribution in [0.1, 0.15) is 52.7 Å². The number of rotatable bonds is 7. The predicted octanol–water partition coefficient (Wildman–Crippen LogP) is 3.54. The Labute approximate surface area is 111 Å². The molecule has 0 saturated carbocycles. The van der Waals surface area contributed by atoms with E-state index in [0.29, 0.717) is 0 Å². The number of pyridine rings is 1. The van der Waals surface area contributed by atoms with E-state index in [1.807, 2.05) is 18.3 Å². The molecule has 1 rings (SSSR count). The molecule has 0 aliphatic rings. The van der Waals surface area contributed by atoms with Gasteiger partial charge in [-0.05, 0) is 33.3 Å². The number of hydrogen-bond acceptors (Lipinski definition) is 3. The molecule has 3 heteroatoms. The van der Waals surface area contributed by atoms with Crippen LogP contribution in [0.3, 0.4) is 0 Å². The SMILES string of the molecule is CCCCCOc1ccnc(CNC(C)(C)C)c1. The zero-order valence-electron chi connectivity index (χ0n) is 12.1. The molecule has 0 aliphatic carbocycles. The summed E-state index contributed by atoms with van der Waals surface area (Å²) in [6.07, 6.45) is 5.38. The van der Waals surface area contributed by atoms with Crippen LogP contribution in [-0.2, 0) is 6.54 Å². The molecule has 1 heterocycles. The Morgan fingerprint density at radius 3 is 2.72 bits per heavy atom. The van der Waals surface area contributed by atoms with E-state index in [1.165, 1.54) is 12.8 Å². The van der Waals surface area contributed by atoms with Gasteiger partial charge < -0.3 is 10.1 Å². The molecule has 1 aromatic rings. The van der Waals surface area contributed by atoms with Crippen molar-refractivity contribution in [3.05, 3.63) is 24.0 Å². The van der Waals surface area contributed by atoms with Crippen molar-refractivity contribution in [2.45, 2.75) is 59.0 Å². The lowest BCUT2D eigenvalue weighted by atomic mass is 10.1. The molecule has 0 bridgehead atoms. The molecule has 18 heavy (non-hydrogen) atoms. The fraction of sp³-hybridized carbons (Fsp3) is 0.667. The Bertz CT molecular complexity index is 345. The minimum atomic E-state index is 0.111. The van der Waals surface area contributed by atoms with Crippen molar-refractivity contribution in [1.29, 1.82) is 0 Å². The molecular formula is C15H26N2O. The fourth-order valence-corrected chi connectivity index (χ4v) is 1.54. The average Bonchev–Trinajstić information content (AvgIpc) is 2.32. The van der Waals surface area contributed by atoms with Crippen molar-refractivity contribution in [1.82, 2.24) is 10.3 Å². The lowest BCUT2D eigenvalue weighted by Crippen LogP contribution is -2.35. The summed E-state index contributed by atoms with van der Waals surface area (Å²) in [4.78, 5) is 4.34. The Kier molecular flexibility index (Phi) is 6.13. The second-order valence-electron chi connectivity index (χ2n) is 5.64. The predicted molar refractivity (Wildman–Crippen MR) is 75.8 cm³/mol. The van der Waals surface area contributed by atoms with Gasteiger partial charge in [-0.25, -0.2) is 0 Å². The molecule has 1 aromatic heterocycles. The topological polar surface area (TPSA) is 34.1 Å². The zero-order chi connectivity index (χ0) is 13.4. The summed E-state index contributed by atoms with van der Waals surface area (Å²) in [6, 6.07) is 3.94. The first kappa shape index (κ1) is 15.0. The maximum atomic E-state index is 5.71. The molecule has 0 aliphatic heterocycles. The van der Waals surface area contributed by atoms with Gasteiger partial charge in [0.05, 0.1) is 12.3 Å². The molecule has 0 atom stereocenters. The highest BCUT2D eigenvalue weighted by Gasteiger charge is 2.09. The summed E-state index contributed by atoms with van der Waals surface area (Å²) < 4.78 is 5.71. The van der Waals surface area contributed by atoms with Crippen LogP contribution < -0.4 is 10.1 Å². The van der Waals surface area contributed by atoms with Crippen LogP contribution >= 0.6 is 0 Å². The lowest BCUT2D eigenvalue weighted by molar-refractivity contribution is 0.305. The van der Waals surface area contributed by atoms with Crippen LogP contribution in [0.5, 0.6) is 5.75 Å². The van der Waals surface area contributed by atoms with Gasteiger partial charge in [-0.3, -0.25) is 4.98 Å². The molecule has 3 nitrogen and oxygen atoms in total. The largest absolute Gasteiger partial charge is 0.493 e. The highest BCUT2D eigenvalue weighted by Crippen LogP contribution is 2.12. The lowest BCUT2D eigenvalue weighted by Gasteiger charge is -2.20. The van der Waals surface area contributed by atoms with E-state index < -0.39 is 0 Å². The normalized spacial score (nSPS) is 11.6. The first-order valence-corrected chi connectivity index (χ1v) is 6.84. The van der Waals surface area contributed by atoms with E-state index in [0.717, 1.165) is 31.0 Å². The summed E-state index contributed by atoms with van der Waals surface area (Å²) in [5, 5.41) is 3.42. The minimum Gasteiger partial charge on any atom is -0.493 e. The van der Waals surface area contributed by atoms with Gasteiger partial charge in [-0.15, -0.1) is 0 Å². The first-order valence-electron chi connectivity index (χ1n) is 6.84. The Morgan fingerprint density at radius 1 is 1.28 bits per heavy atom. The van der Waals surface area contributed by atoms with Crippen molar-refractivity contribution >= 4 is 0 Å². The van der Waals surface area contributed by atoms with Crippen molar-refractivity contribution in [3.8, 4) is 5.75 Å². The van der Waals surface area contributed by atoms with E-state index in [9.17, 15) is 0 Å². The first-order chi connectivity index (χ1) is 8.51. The molecular weight excluding hydrogens is 224 g/mol. The van der Waals surface area contributed by atoms with E-state index in [-0.39, 0.29) is 5.54 Å². The molecule has 0 aromatic carbocycles. The van der Waals surface area contributed by atoms with Crippen LogP contribution in [-0.4, -0.2) is 17.1 Å². The Morgan fingerprint density at radius 2 is 2.06 bits per heavy atom. The number of aromatic nitrogens is 1. The maximum absolute atomic E-state index is 5.71. The number of nitrogens with one attached hydrogen (secondary N) is 1. The smallest absolute Gasteiger partial charge is 0.122 e. The van der Waals surface area contributed by atoms with Crippen molar-refractivity contribution in [2.75, 3.05) is 6.61 Å². The third kappa shape index (κ3) is 6.60. The van der Waals surface area contributed by atoms with Crippen LogP contribution in [0.15, 0.2) is 18.3 Å². The Balaban J connectivity index is 2.41. The van der Waals surface area contributed by atoms with Gasteiger partial charge in [0.15, 0.2) is 0 Å². The Hall–Kier alpha value is -1.09. The highest BCUT2D eigenvalue weighted by molar-refractivity contribution is 5.22. The van der Waals surface area contributed by atoms with E-state index in [2.05, 4.69) is 38.0 Å². The summed E-state index contributed by atoms with van der Waals surface area (Å²) in [6.45, 7) is 10.2. The second-order valence-corrected chi connectivity index (χ2v) is 5.64. The standard InChI is InChI=1S/C15H26N2O/c1-5-6-7-10-18-14-8-9-16-13(11-14)12-17-15(2,3)4/h8-9,11,17H,5-7,10,12H2,1-4H3. The van der Waals surface area contributed by atoms with Crippen LogP contribution in [0.2, 0.25) is 0 Å². The summed E-state index contributed by atoms with van der Waals surface area (Å²) in [7, 11) is 0. The van der Waals surface area contributed by atoms with E-state index in [4.69, 9.17) is 4.74 Å². The third-order valence-electron chi connectivity index (χ3n) is 2.60. The van der Waals surface area contributed by atoms with Gasteiger partial charge in [0, 0.05) is 24.3 Å². The number of ether oxygens (including phenoxy) is 1. The van der Waals surface area contributed by atoms with Gasteiger partial charge >= 0.3 is 0 Å². The molecule has 0 radical (unpaired) electrons. The fourth-order valence-electron chi connectivity index (χ4n) is 1.54. The quantitative estimate of drug-likeness (QED) is 0.752. The van der Waals surface area contributed by atoms with Crippen LogP contribution in [0, 0.1) is 0 Å². The number of unbranched alkanes of at least 4 members (excludes halogenated alkanes) is 2. The third-order valence-corrected chi connectivity index (χ3v) is 2.60. The van der Waals surface area contributed by atoms with Crippen molar-refractivity contribution < 1.29 is 4.74 Å². The molecule has 0 fully saturated rings. The molecule has 0 spiro atoms. The van der Waals surface area contributed by atoms with Gasteiger partial charge in [-0.1, -0.05) is 19.8 Å². The van der Waals surface area contributed by atoms with Gasteiger partial charge in [0.1, 0.15) is 5.75 Å². The molecule has 0 unspecified atom stereocenters. The van der Waals surface area contributed by atoms with Gasteiger partial charge in [-0.2, -0.15) is 0 Å². The number of nitrogens with zero attached hydrogens (tertiary/aromatic N) is 1. The zero-order valence-corrected chi connectivity index (χ0v) is 12.1. The van der Waals surface area contributed by atoms with Crippen LogP contribution in [0.25, 0.3) is 0 Å². The molecule has 1 N–H and O–H groups in total. The average molecular weight is 250 g/mol. The summed E-state index contributed by atoms with van der Waals surface area (Å²) >= 11 is 0. The van der Waals surface area contributed by atoms with Crippen molar-refractivity contribution in [3.63, 3.8) is 0 Å². The second kappa shape index (κ2) is 7.37. The van der Waals surface area contributed by atoms with Gasteiger partial charge in [0.2, 0.25) is 0 Å². The molecule has 0 amide bonds. The van der Waals surface area contributed by atoms with Crippen molar-refractivity contribution in [2.24, 2.45) is 0 Å². The van der Waals surface area contributed by atoms with E-state index >= 15 is 0 Å².